The molecule has 1 N–H and O–H groups in total. The maximum Gasteiger partial charge on any atom is 0.261 e. The van der Waals surface area contributed by atoms with E-state index in [1.165, 1.54) is 0 Å². The lowest BCUT2D eigenvalue weighted by molar-refractivity contribution is -0.143. The van der Waals surface area contributed by atoms with E-state index in [-0.39, 0.29) is 18.4 Å². The van der Waals surface area contributed by atoms with Crippen LogP contribution in [-0.4, -0.2) is 29.9 Å². The van der Waals surface area contributed by atoms with Gasteiger partial charge in [-0.1, -0.05) is 85.8 Å². The summed E-state index contributed by atoms with van der Waals surface area (Å²) >= 11 is 0. The van der Waals surface area contributed by atoms with Gasteiger partial charge in [0, 0.05) is 13.1 Å². The molecule has 3 aromatic carbocycles. The number of ether oxygens (including phenoxy) is 1. The molecule has 2 amide bonds. The summed E-state index contributed by atoms with van der Waals surface area (Å²) in [4.78, 5) is 28.1. The summed E-state index contributed by atoms with van der Waals surface area (Å²) in [6.45, 7) is 2.70. The van der Waals surface area contributed by atoms with Gasteiger partial charge in [0.2, 0.25) is 5.91 Å². The summed E-state index contributed by atoms with van der Waals surface area (Å²) in [7, 11) is 0. The molecule has 0 aliphatic heterocycles. The van der Waals surface area contributed by atoms with Gasteiger partial charge in [-0.15, -0.1) is 0 Å². The van der Waals surface area contributed by atoms with E-state index >= 15 is 0 Å². The van der Waals surface area contributed by atoms with Gasteiger partial charge in [0.15, 0.2) is 6.61 Å². The first-order chi connectivity index (χ1) is 15.2. The van der Waals surface area contributed by atoms with Crippen molar-refractivity contribution < 1.29 is 14.3 Å². The predicted molar refractivity (Wildman–Crippen MR) is 121 cm³/mol. The lowest BCUT2D eigenvalue weighted by Crippen LogP contribution is -2.45. The first-order valence-electron chi connectivity index (χ1n) is 10.5. The molecule has 0 saturated carbocycles. The fourth-order valence-corrected chi connectivity index (χ4v) is 3.30. The minimum Gasteiger partial charge on any atom is -0.484 e. The van der Waals surface area contributed by atoms with Crippen molar-refractivity contribution in [3.8, 4) is 5.75 Å². The molecular formula is C26H28N2O3. The van der Waals surface area contributed by atoms with Crippen molar-refractivity contribution in [2.75, 3.05) is 13.2 Å². The molecule has 31 heavy (non-hydrogen) atoms. The van der Waals surface area contributed by atoms with Gasteiger partial charge >= 0.3 is 0 Å². The van der Waals surface area contributed by atoms with E-state index in [9.17, 15) is 9.59 Å². The minimum absolute atomic E-state index is 0.152. The zero-order valence-electron chi connectivity index (χ0n) is 17.7. The zero-order valence-corrected chi connectivity index (χ0v) is 17.7. The van der Waals surface area contributed by atoms with E-state index in [4.69, 9.17) is 4.74 Å². The van der Waals surface area contributed by atoms with Gasteiger partial charge in [0.05, 0.1) is 0 Å². The van der Waals surface area contributed by atoms with Crippen molar-refractivity contribution in [3.63, 3.8) is 0 Å². The SMILES string of the molecule is CCCNC(=O)[C@@H](c1ccccc1)N(Cc1ccccc1)C(=O)COc1ccccc1. The topological polar surface area (TPSA) is 58.6 Å². The van der Waals surface area contributed by atoms with E-state index in [1.807, 2.05) is 85.8 Å². The maximum atomic E-state index is 13.3. The molecule has 0 unspecified atom stereocenters. The lowest BCUT2D eigenvalue weighted by atomic mass is 10.0. The van der Waals surface area contributed by atoms with Crippen molar-refractivity contribution in [1.82, 2.24) is 10.2 Å². The molecule has 5 nitrogen and oxygen atoms in total. The highest BCUT2D eigenvalue weighted by Gasteiger charge is 2.31. The van der Waals surface area contributed by atoms with E-state index < -0.39 is 6.04 Å². The summed E-state index contributed by atoms with van der Waals surface area (Å²) in [5.41, 5.74) is 1.71. The Labute approximate surface area is 183 Å². The second-order valence-electron chi connectivity index (χ2n) is 7.21. The fourth-order valence-electron chi connectivity index (χ4n) is 3.30. The molecule has 0 bridgehead atoms. The summed E-state index contributed by atoms with van der Waals surface area (Å²) in [6, 6.07) is 27.5. The Kier molecular flexibility index (Phi) is 8.23. The first kappa shape index (κ1) is 22.1. The highest BCUT2D eigenvalue weighted by molar-refractivity contribution is 5.89. The van der Waals surface area contributed by atoms with Crippen molar-refractivity contribution in [1.29, 1.82) is 0 Å². The van der Waals surface area contributed by atoms with Crippen LogP contribution >= 0.6 is 0 Å². The van der Waals surface area contributed by atoms with Gasteiger partial charge in [-0.2, -0.15) is 0 Å². The number of para-hydroxylation sites is 1. The molecule has 0 aliphatic rings. The molecule has 3 rings (SSSR count). The number of rotatable bonds is 10. The van der Waals surface area contributed by atoms with Crippen molar-refractivity contribution in [3.05, 3.63) is 102 Å². The van der Waals surface area contributed by atoms with Crippen molar-refractivity contribution in [2.24, 2.45) is 0 Å². The summed E-state index contributed by atoms with van der Waals surface area (Å²) in [5.74, 6) is 0.160. The quantitative estimate of drug-likeness (QED) is 0.534. The van der Waals surface area contributed by atoms with Gasteiger partial charge < -0.3 is 15.0 Å². The zero-order chi connectivity index (χ0) is 21.9. The lowest BCUT2D eigenvalue weighted by Gasteiger charge is -2.31. The Bertz CT molecular complexity index is 946. The third kappa shape index (κ3) is 6.44. The smallest absolute Gasteiger partial charge is 0.261 e. The Morgan fingerprint density at radius 1 is 0.871 bits per heavy atom. The second-order valence-corrected chi connectivity index (χ2v) is 7.21. The van der Waals surface area contributed by atoms with Crippen LogP contribution < -0.4 is 10.1 Å². The minimum atomic E-state index is -0.750. The van der Waals surface area contributed by atoms with Crippen molar-refractivity contribution >= 4 is 11.8 Å². The van der Waals surface area contributed by atoms with Gasteiger partial charge in [-0.3, -0.25) is 9.59 Å². The Morgan fingerprint density at radius 3 is 2.06 bits per heavy atom. The molecule has 0 heterocycles. The van der Waals surface area contributed by atoms with Gasteiger partial charge in [0.1, 0.15) is 11.8 Å². The molecule has 160 valence electrons. The molecule has 0 saturated heterocycles. The number of benzene rings is 3. The molecule has 0 aromatic heterocycles. The Morgan fingerprint density at radius 2 is 1.45 bits per heavy atom. The maximum absolute atomic E-state index is 13.3. The normalized spacial score (nSPS) is 11.4. The molecule has 0 fully saturated rings. The van der Waals surface area contributed by atoms with E-state index in [0.29, 0.717) is 18.8 Å². The predicted octanol–water partition coefficient (Wildman–Crippen LogP) is 4.36. The molecule has 0 radical (unpaired) electrons. The highest BCUT2D eigenvalue weighted by Crippen LogP contribution is 2.24. The average Bonchev–Trinajstić information content (AvgIpc) is 2.83. The largest absolute Gasteiger partial charge is 0.484 e. The number of nitrogens with one attached hydrogen (secondary N) is 1. The number of nitrogens with zero attached hydrogens (tertiary/aromatic N) is 1. The third-order valence-electron chi connectivity index (χ3n) is 4.85. The number of amides is 2. The highest BCUT2D eigenvalue weighted by atomic mass is 16.5. The monoisotopic (exact) mass is 416 g/mol. The summed E-state index contributed by atoms with van der Waals surface area (Å²) in [5, 5.41) is 2.95. The number of hydrogen-bond donors (Lipinski definition) is 1. The molecule has 0 spiro atoms. The van der Waals surface area contributed by atoms with Crippen LogP contribution in [0.15, 0.2) is 91.0 Å². The molecule has 3 aromatic rings. The van der Waals surface area contributed by atoms with Crippen LogP contribution in [0.4, 0.5) is 0 Å². The molecular weight excluding hydrogens is 388 g/mol. The van der Waals surface area contributed by atoms with Crippen LogP contribution in [0, 0.1) is 0 Å². The summed E-state index contributed by atoms with van der Waals surface area (Å²) in [6.07, 6.45) is 0.816. The third-order valence-corrected chi connectivity index (χ3v) is 4.85. The van der Waals surface area contributed by atoms with Gasteiger partial charge in [0.25, 0.3) is 5.91 Å². The van der Waals surface area contributed by atoms with E-state index in [2.05, 4.69) is 5.32 Å². The standard InChI is InChI=1S/C26H28N2O3/c1-2-18-27-26(30)25(22-14-8-4-9-15-22)28(19-21-12-6-3-7-13-21)24(29)20-31-23-16-10-5-11-17-23/h3-17,25H,2,18-20H2,1H3,(H,27,30)/t25-/m1/s1. The number of carbonyl (C=O) groups excluding carboxylic acids is 2. The molecule has 5 heteroatoms. The number of hydrogen-bond acceptors (Lipinski definition) is 3. The first-order valence-corrected chi connectivity index (χ1v) is 10.5. The van der Waals surface area contributed by atoms with Crippen molar-refractivity contribution in [2.45, 2.75) is 25.9 Å². The van der Waals surface area contributed by atoms with E-state index in [1.54, 1.807) is 17.0 Å². The van der Waals surface area contributed by atoms with Crippen LogP contribution in [0.5, 0.6) is 5.75 Å². The Balaban J connectivity index is 1.90. The Hall–Kier alpha value is -3.60. The number of carbonyl (C=O) groups is 2. The average molecular weight is 417 g/mol. The van der Waals surface area contributed by atoms with Gasteiger partial charge in [-0.25, -0.2) is 0 Å². The second kappa shape index (κ2) is 11.6. The summed E-state index contributed by atoms with van der Waals surface area (Å²) < 4.78 is 5.71. The molecule has 0 aliphatic carbocycles. The molecule has 1 atom stereocenters. The van der Waals surface area contributed by atoms with Crippen LogP contribution in [-0.2, 0) is 16.1 Å². The van der Waals surface area contributed by atoms with Crippen LogP contribution in [0.2, 0.25) is 0 Å². The van der Waals surface area contributed by atoms with Gasteiger partial charge in [-0.05, 0) is 29.7 Å². The fraction of sp³-hybridized carbons (Fsp3) is 0.231. The van der Waals surface area contributed by atoms with Crippen LogP contribution in [0.1, 0.15) is 30.5 Å². The van der Waals surface area contributed by atoms with Crippen LogP contribution in [0.25, 0.3) is 0 Å². The van der Waals surface area contributed by atoms with Crippen LogP contribution in [0.3, 0.4) is 0 Å². The van der Waals surface area contributed by atoms with E-state index in [0.717, 1.165) is 17.5 Å².